The lowest BCUT2D eigenvalue weighted by Crippen LogP contribution is -2.41. The van der Waals surface area contributed by atoms with Crippen LogP contribution in [0.25, 0.3) is 0 Å². The largest absolute Gasteiger partial charge is 0.355 e. The van der Waals surface area contributed by atoms with Gasteiger partial charge in [-0.3, -0.25) is 4.99 Å². The SMILES string of the molecule is Cc1ccc(Br)c(S(=O)(=O)NCCNC2=NCC(C)N2)c1. The van der Waals surface area contributed by atoms with Crippen LogP contribution in [-0.2, 0) is 10.0 Å². The first kappa shape index (κ1) is 16.3. The standard InChI is InChI=1S/C13H19BrN4O2S/c1-9-3-4-11(14)12(7-9)21(19,20)17-6-5-15-13-16-8-10(2)18-13/h3-4,7,10,17H,5-6,8H2,1-2H3,(H2,15,16,18). The molecule has 0 spiro atoms. The average Bonchev–Trinajstić information content (AvgIpc) is 2.83. The Bertz CT molecular complexity index is 646. The van der Waals surface area contributed by atoms with Crippen LogP contribution in [0.3, 0.4) is 0 Å². The second-order valence-electron chi connectivity index (χ2n) is 4.99. The van der Waals surface area contributed by atoms with Gasteiger partial charge in [0.05, 0.1) is 11.4 Å². The van der Waals surface area contributed by atoms with Crippen LogP contribution in [0.2, 0.25) is 0 Å². The van der Waals surface area contributed by atoms with Gasteiger partial charge in [0.15, 0.2) is 5.96 Å². The Hall–Kier alpha value is -1.12. The molecule has 0 aromatic heterocycles. The molecule has 0 saturated carbocycles. The van der Waals surface area contributed by atoms with Crippen molar-refractivity contribution in [1.82, 2.24) is 15.4 Å². The van der Waals surface area contributed by atoms with Gasteiger partial charge < -0.3 is 10.6 Å². The summed E-state index contributed by atoms with van der Waals surface area (Å²) in [5.74, 6) is 0.721. The maximum Gasteiger partial charge on any atom is 0.241 e. The smallest absolute Gasteiger partial charge is 0.241 e. The molecule has 0 saturated heterocycles. The van der Waals surface area contributed by atoms with Crippen molar-refractivity contribution in [2.24, 2.45) is 4.99 Å². The van der Waals surface area contributed by atoms with Crippen LogP contribution in [0.15, 0.2) is 32.6 Å². The number of aliphatic imine (C=N–C) groups is 1. The topological polar surface area (TPSA) is 82.6 Å². The molecule has 1 heterocycles. The van der Waals surface area contributed by atoms with Gasteiger partial charge in [-0.25, -0.2) is 13.1 Å². The first-order valence-electron chi connectivity index (χ1n) is 6.69. The van der Waals surface area contributed by atoms with E-state index in [1.807, 2.05) is 19.9 Å². The van der Waals surface area contributed by atoms with E-state index in [-0.39, 0.29) is 11.4 Å². The number of sulfonamides is 1. The monoisotopic (exact) mass is 374 g/mol. The van der Waals surface area contributed by atoms with Gasteiger partial charge in [0, 0.05) is 23.6 Å². The van der Waals surface area contributed by atoms with E-state index >= 15 is 0 Å². The van der Waals surface area contributed by atoms with Crippen LogP contribution >= 0.6 is 15.9 Å². The third-order valence-electron chi connectivity index (χ3n) is 2.99. The van der Waals surface area contributed by atoms with Gasteiger partial charge in [-0.1, -0.05) is 6.07 Å². The molecule has 1 aromatic rings. The van der Waals surface area contributed by atoms with E-state index < -0.39 is 10.0 Å². The van der Waals surface area contributed by atoms with Gasteiger partial charge in [-0.2, -0.15) is 0 Å². The Balaban J connectivity index is 1.88. The molecule has 0 radical (unpaired) electrons. The van der Waals surface area contributed by atoms with Crippen LogP contribution in [0.4, 0.5) is 0 Å². The lowest BCUT2D eigenvalue weighted by atomic mass is 10.2. The van der Waals surface area contributed by atoms with Crippen LogP contribution in [0, 0.1) is 6.92 Å². The first-order chi connectivity index (χ1) is 9.88. The molecule has 0 bridgehead atoms. The molecule has 1 aliphatic rings. The van der Waals surface area contributed by atoms with Gasteiger partial charge in [-0.05, 0) is 47.5 Å². The lowest BCUT2D eigenvalue weighted by molar-refractivity contribution is 0.580. The summed E-state index contributed by atoms with van der Waals surface area (Å²) in [6.45, 7) is 5.40. The average molecular weight is 375 g/mol. The Morgan fingerprint density at radius 1 is 1.43 bits per heavy atom. The molecule has 1 aliphatic heterocycles. The highest BCUT2D eigenvalue weighted by atomic mass is 79.9. The summed E-state index contributed by atoms with van der Waals surface area (Å²) in [5, 5.41) is 6.22. The van der Waals surface area contributed by atoms with Crippen LogP contribution < -0.4 is 15.4 Å². The highest BCUT2D eigenvalue weighted by Crippen LogP contribution is 2.22. The van der Waals surface area contributed by atoms with Crippen molar-refractivity contribution in [2.75, 3.05) is 19.6 Å². The highest BCUT2D eigenvalue weighted by molar-refractivity contribution is 9.10. The summed E-state index contributed by atoms with van der Waals surface area (Å²) < 4.78 is 27.6. The third kappa shape index (κ3) is 4.42. The predicted molar refractivity (Wildman–Crippen MR) is 87.0 cm³/mol. The minimum Gasteiger partial charge on any atom is -0.355 e. The molecular formula is C13H19BrN4O2S. The van der Waals surface area contributed by atoms with Gasteiger partial charge in [0.25, 0.3) is 0 Å². The molecular weight excluding hydrogens is 356 g/mol. The van der Waals surface area contributed by atoms with E-state index in [0.29, 0.717) is 17.1 Å². The Labute approximate surface area is 133 Å². The van der Waals surface area contributed by atoms with E-state index in [0.717, 1.165) is 18.1 Å². The molecule has 6 nitrogen and oxygen atoms in total. The quantitative estimate of drug-likeness (QED) is 0.670. The minimum atomic E-state index is -3.52. The molecule has 21 heavy (non-hydrogen) atoms. The van der Waals surface area contributed by atoms with Crippen LogP contribution in [0.1, 0.15) is 12.5 Å². The van der Waals surface area contributed by atoms with Gasteiger partial charge in [0.1, 0.15) is 0 Å². The number of benzene rings is 1. The molecule has 0 fully saturated rings. The summed E-state index contributed by atoms with van der Waals surface area (Å²) in [5.41, 5.74) is 0.898. The summed E-state index contributed by atoms with van der Waals surface area (Å²) in [7, 11) is -3.52. The van der Waals surface area contributed by atoms with E-state index in [1.165, 1.54) is 0 Å². The second kappa shape index (κ2) is 6.76. The minimum absolute atomic E-state index is 0.257. The maximum absolute atomic E-state index is 12.2. The Kier molecular flexibility index (Phi) is 5.23. The van der Waals surface area contributed by atoms with Crippen LogP contribution in [-0.4, -0.2) is 40.1 Å². The number of guanidine groups is 1. The fraction of sp³-hybridized carbons (Fsp3) is 0.462. The zero-order valence-electron chi connectivity index (χ0n) is 12.0. The summed E-state index contributed by atoms with van der Waals surface area (Å²) in [6.07, 6.45) is 0. The predicted octanol–water partition coefficient (Wildman–Crippen LogP) is 0.973. The van der Waals surface area contributed by atoms with Crippen molar-refractivity contribution in [3.8, 4) is 0 Å². The molecule has 1 aromatic carbocycles. The number of halogens is 1. The number of hydrogen-bond acceptors (Lipinski definition) is 5. The summed E-state index contributed by atoms with van der Waals surface area (Å²) in [6, 6.07) is 5.56. The number of hydrogen-bond donors (Lipinski definition) is 3. The molecule has 1 unspecified atom stereocenters. The van der Waals surface area contributed by atoms with Crippen molar-refractivity contribution in [2.45, 2.75) is 24.8 Å². The molecule has 8 heteroatoms. The van der Waals surface area contributed by atoms with Crippen molar-refractivity contribution < 1.29 is 8.42 Å². The van der Waals surface area contributed by atoms with Crippen molar-refractivity contribution in [3.05, 3.63) is 28.2 Å². The van der Waals surface area contributed by atoms with E-state index in [1.54, 1.807) is 12.1 Å². The number of nitrogens with one attached hydrogen (secondary N) is 3. The van der Waals surface area contributed by atoms with Crippen molar-refractivity contribution in [1.29, 1.82) is 0 Å². The number of rotatable bonds is 5. The molecule has 3 N–H and O–H groups in total. The fourth-order valence-electron chi connectivity index (χ4n) is 1.92. The molecule has 2 rings (SSSR count). The lowest BCUT2D eigenvalue weighted by Gasteiger charge is -2.11. The van der Waals surface area contributed by atoms with E-state index in [2.05, 4.69) is 36.3 Å². The Morgan fingerprint density at radius 3 is 2.86 bits per heavy atom. The highest BCUT2D eigenvalue weighted by Gasteiger charge is 2.17. The van der Waals surface area contributed by atoms with Gasteiger partial charge >= 0.3 is 0 Å². The summed E-state index contributed by atoms with van der Waals surface area (Å²) in [4.78, 5) is 4.50. The molecule has 0 amide bonds. The van der Waals surface area contributed by atoms with Crippen LogP contribution in [0.5, 0.6) is 0 Å². The normalized spacial score (nSPS) is 18.2. The van der Waals surface area contributed by atoms with Crippen molar-refractivity contribution >= 4 is 31.9 Å². The van der Waals surface area contributed by atoms with Gasteiger partial charge in [-0.15, -0.1) is 0 Å². The summed E-state index contributed by atoms with van der Waals surface area (Å²) >= 11 is 3.27. The fourth-order valence-corrected chi connectivity index (χ4v) is 4.00. The Morgan fingerprint density at radius 2 is 2.19 bits per heavy atom. The molecule has 116 valence electrons. The molecule has 0 aliphatic carbocycles. The second-order valence-corrected chi connectivity index (χ2v) is 7.58. The zero-order valence-corrected chi connectivity index (χ0v) is 14.4. The van der Waals surface area contributed by atoms with E-state index in [4.69, 9.17) is 0 Å². The molecule has 1 atom stereocenters. The van der Waals surface area contributed by atoms with E-state index in [9.17, 15) is 8.42 Å². The van der Waals surface area contributed by atoms with Crippen molar-refractivity contribution in [3.63, 3.8) is 0 Å². The van der Waals surface area contributed by atoms with Gasteiger partial charge in [0.2, 0.25) is 10.0 Å². The zero-order chi connectivity index (χ0) is 15.5. The first-order valence-corrected chi connectivity index (χ1v) is 8.97. The number of aryl methyl sites for hydroxylation is 1. The third-order valence-corrected chi connectivity index (χ3v) is 5.45. The number of nitrogens with zero attached hydrogens (tertiary/aromatic N) is 1. The maximum atomic E-state index is 12.2.